The Balaban J connectivity index is 2.50. The number of nitrogens with one attached hydrogen (secondary N) is 1. The SMILES string of the molecule is CC(C)c1cc(-c2c(F)cccc2Cl)n[nH]1. The van der Waals surface area contributed by atoms with E-state index in [-0.39, 0.29) is 5.82 Å². The monoisotopic (exact) mass is 238 g/mol. The van der Waals surface area contributed by atoms with Gasteiger partial charge in [-0.2, -0.15) is 5.10 Å². The first-order valence-electron chi connectivity index (χ1n) is 5.09. The van der Waals surface area contributed by atoms with Gasteiger partial charge in [-0.1, -0.05) is 31.5 Å². The normalized spacial score (nSPS) is 11.1. The predicted molar refractivity (Wildman–Crippen MR) is 63.1 cm³/mol. The number of aromatic amines is 1. The summed E-state index contributed by atoms with van der Waals surface area (Å²) in [6, 6.07) is 6.45. The zero-order valence-electron chi connectivity index (χ0n) is 9.09. The minimum absolute atomic E-state index is 0.326. The zero-order valence-corrected chi connectivity index (χ0v) is 9.85. The molecule has 0 spiro atoms. The maximum atomic E-state index is 13.6. The molecule has 0 unspecified atom stereocenters. The number of aromatic nitrogens is 2. The molecule has 0 aliphatic heterocycles. The highest BCUT2D eigenvalue weighted by molar-refractivity contribution is 6.33. The molecule has 0 aliphatic carbocycles. The van der Waals surface area contributed by atoms with Crippen molar-refractivity contribution in [2.75, 3.05) is 0 Å². The first kappa shape index (κ1) is 11.1. The van der Waals surface area contributed by atoms with Gasteiger partial charge in [0.1, 0.15) is 5.82 Å². The molecule has 0 aliphatic rings. The molecule has 2 nitrogen and oxygen atoms in total. The van der Waals surface area contributed by atoms with E-state index < -0.39 is 0 Å². The second kappa shape index (κ2) is 4.26. The maximum absolute atomic E-state index is 13.6. The van der Waals surface area contributed by atoms with E-state index in [0.29, 0.717) is 22.2 Å². The summed E-state index contributed by atoms with van der Waals surface area (Å²) < 4.78 is 13.6. The van der Waals surface area contributed by atoms with Gasteiger partial charge >= 0.3 is 0 Å². The summed E-state index contributed by atoms with van der Waals surface area (Å²) in [5.41, 5.74) is 1.87. The summed E-state index contributed by atoms with van der Waals surface area (Å²) in [5.74, 6) is -0.0268. The maximum Gasteiger partial charge on any atom is 0.134 e. The van der Waals surface area contributed by atoms with Gasteiger partial charge < -0.3 is 0 Å². The quantitative estimate of drug-likeness (QED) is 0.842. The average Bonchev–Trinajstić information content (AvgIpc) is 2.66. The van der Waals surface area contributed by atoms with Crippen LogP contribution in [0, 0.1) is 5.82 Å². The lowest BCUT2D eigenvalue weighted by molar-refractivity contribution is 0.630. The third kappa shape index (κ3) is 1.95. The van der Waals surface area contributed by atoms with Crippen LogP contribution >= 0.6 is 11.6 Å². The number of hydrogen-bond acceptors (Lipinski definition) is 1. The van der Waals surface area contributed by atoms with Crippen LogP contribution < -0.4 is 0 Å². The molecule has 0 atom stereocenters. The van der Waals surface area contributed by atoms with E-state index in [9.17, 15) is 4.39 Å². The molecule has 0 amide bonds. The number of halogens is 2. The van der Waals surface area contributed by atoms with Crippen LogP contribution in [-0.2, 0) is 0 Å². The van der Waals surface area contributed by atoms with Crippen LogP contribution in [0.2, 0.25) is 5.02 Å². The van der Waals surface area contributed by atoms with Crippen LogP contribution in [0.3, 0.4) is 0 Å². The molecule has 16 heavy (non-hydrogen) atoms. The zero-order chi connectivity index (χ0) is 11.7. The highest BCUT2D eigenvalue weighted by atomic mass is 35.5. The Morgan fingerprint density at radius 2 is 2.12 bits per heavy atom. The summed E-state index contributed by atoms with van der Waals surface area (Å²) in [4.78, 5) is 0. The van der Waals surface area contributed by atoms with Crippen molar-refractivity contribution < 1.29 is 4.39 Å². The smallest absolute Gasteiger partial charge is 0.134 e. The number of rotatable bonds is 2. The van der Waals surface area contributed by atoms with Crippen molar-refractivity contribution in [3.63, 3.8) is 0 Å². The first-order chi connectivity index (χ1) is 7.59. The van der Waals surface area contributed by atoms with Gasteiger partial charge in [-0.15, -0.1) is 0 Å². The summed E-state index contributed by atoms with van der Waals surface area (Å²) in [6.07, 6.45) is 0. The summed E-state index contributed by atoms with van der Waals surface area (Å²) in [7, 11) is 0. The predicted octanol–water partition coefficient (Wildman–Crippen LogP) is 3.99. The van der Waals surface area contributed by atoms with E-state index in [2.05, 4.69) is 10.2 Å². The van der Waals surface area contributed by atoms with Gasteiger partial charge in [-0.05, 0) is 24.1 Å². The summed E-state index contributed by atoms with van der Waals surface area (Å²) in [6.45, 7) is 4.08. The topological polar surface area (TPSA) is 28.7 Å². The van der Waals surface area contributed by atoms with Crippen molar-refractivity contribution in [3.8, 4) is 11.3 Å². The molecule has 84 valence electrons. The van der Waals surface area contributed by atoms with Gasteiger partial charge in [0.25, 0.3) is 0 Å². The molecule has 4 heteroatoms. The summed E-state index contributed by atoms with van der Waals surface area (Å²) in [5, 5.41) is 7.34. The third-order valence-corrected chi connectivity index (χ3v) is 2.75. The Bertz CT molecular complexity index is 485. The Hall–Kier alpha value is -1.35. The van der Waals surface area contributed by atoms with Crippen LogP contribution in [0.5, 0.6) is 0 Å². The Morgan fingerprint density at radius 3 is 2.69 bits per heavy atom. The largest absolute Gasteiger partial charge is 0.282 e. The van der Waals surface area contributed by atoms with Crippen molar-refractivity contribution >= 4 is 11.6 Å². The average molecular weight is 239 g/mol. The molecular weight excluding hydrogens is 227 g/mol. The minimum Gasteiger partial charge on any atom is -0.282 e. The molecule has 0 radical (unpaired) electrons. The van der Waals surface area contributed by atoms with Gasteiger partial charge in [0.15, 0.2) is 0 Å². The van der Waals surface area contributed by atoms with Crippen LogP contribution in [-0.4, -0.2) is 10.2 Å². The molecule has 0 bridgehead atoms. The molecule has 1 N–H and O–H groups in total. The molecule has 0 fully saturated rings. The van der Waals surface area contributed by atoms with E-state index in [1.54, 1.807) is 12.1 Å². The fourth-order valence-corrected chi connectivity index (χ4v) is 1.76. The van der Waals surface area contributed by atoms with Crippen LogP contribution in [0.4, 0.5) is 4.39 Å². The number of nitrogens with zero attached hydrogens (tertiary/aromatic N) is 1. The highest BCUT2D eigenvalue weighted by Crippen LogP contribution is 2.30. The van der Waals surface area contributed by atoms with Crippen molar-refractivity contribution in [1.29, 1.82) is 0 Å². The number of benzene rings is 1. The first-order valence-corrected chi connectivity index (χ1v) is 5.47. The van der Waals surface area contributed by atoms with Gasteiger partial charge in [-0.25, -0.2) is 4.39 Å². The van der Waals surface area contributed by atoms with E-state index >= 15 is 0 Å². The Morgan fingerprint density at radius 1 is 1.38 bits per heavy atom. The molecule has 1 aromatic carbocycles. The molecule has 0 saturated carbocycles. The van der Waals surface area contributed by atoms with E-state index in [1.165, 1.54) is 6.07 Å². The minimum atomic E-state index is -0.352. The standard InChI is InChI=1S/C12H12ClFN2/c1-7(2)10-6-11(16-15-10)12-8(13)4-3-5-9(12)14/h3-7H,1-2H3,(H,15,16). The van der Waals surface area contributed by atoms with Crippen LogP contribution in [0.25, 0.3) is 11.3 Å². The molecule has 0 saturated heterocycles. The van der Waals surface area contributed by atoms with Crippen molar-refractivity contribution in [1.82, 2.24) is 10.2 Å². The molecule has 1 heterocycles. The molecular formula is C12H12ClFN2. The second-order valence-corrected chi connectivity index (χ2v) is 4.37. The fourth-order valence-electron chi connectivity index (χ4n) is 1.50. The fraction of sp³-hybridized carbons (Fsp3) is 0.250. The third-order valence-electron chi connectivity index (χ3n) is 2.44. The Kier molecular flexibility index (Phi) is 2.97. The van der Waals surface area contributed by atoms with E-state index in [0.717, 1.165) is 5.69 Å². The van der Waals surface area contributed by atoms with Crippen LogP contribution in [0.15, 0.2) is 24.3 Å². The van der Waals surface area contributed by atoms with Crippen LogP contribution in [0.1, 0.15) is 25.5 Å². The van der Waals surface area contributed by atoms with Crippen molar-refractivity contribution in [2.45, 2.75) is 19.8 Å². The highest BCUT2D eigenvalue weighted by Gasteiger charge is 2.13. The molecule has 2 rings (SSSR count). The lowest BCUT2D eigenvalue weighted by Crippen LogP contribution is -1.85. The van der Waals surface area contributed by atoms with Gasteiger partial charge in [0.2, 0.25) is 0 Å². The second-order valence-electron chi connectivity index (χ2n) is 3.96. The van der Waals surface area contributed by atoms with Crippen molar-refractivity contribution in [2.24, 2.45) is 0 Å². The number of H-pyrrole nitrogens is 1. The Labute approximate surface area is 98.4 Å². The molecule has 2 aromatic rings. The van der Waals surface area contributed by atoms with E-state index in [1.807, 2.05) is 19.9 Å². The summed E-state index contributed by atoms with van der Waals surface area (Å²) >= 11 is 5.96. The number of hydrogen-bond donors (Lipinski definition) is 1. The van der Waals surface area contributed by atoms with E-state index in [4.69, 9.17) is 11.6 Å². The van der Waals surface area contributed by atoms with Gasteiger partial charge in [0, 0.05) is 5.69 Å². The van der Waals surface area contributed by atoms with Gasteiger partial charge in [-0.3, -0.25) is 5.10 Å². The van der Waals surface area contributed by atoms with Crippen molar-refractivity contribution in [3.05, 3.63) is 40.8 Å². The lowest BCUT2D eigenvalue weighted by atomic mass is 10.1. The van der Waals surface area contributed by atoms with Gasteiger partial charge in [0.05, 0.1) is 16.3 Å². The lowest BCUT2D eigenvalue weighted by Gasteiger charge is -2.01. The molecule has 1 aromatic heterocycles.